The Bertz CT molecular complexity index is 1430. The van der Waals surface area contributed by atoms with Crippen molar-refractivity contribution in [2.75, 3.05) is 56.0 Å². The molecule has 12 heteroatoms. The minimum Gasteiger partial charge on any atom is -0.457 e. The van der Waals surface area contributed by atoms with Crippen LogP contribution >= 0.6 is 0 Å². The summed E-state index contributed by atoms with van der Waals surface area (Å²) in [7, 11) is 0. The van der Waals surface area contributed by atoms with E-state index in [1.807, 2.05) is 40.1 Å². The maximum Gasteiger partial charge on any atom is 0.416 e. The van der Waals surface area contributed by atoms with Crippen molar-refractivity contribution in [3.8, 4) is 11.5 Å². The van der Waals surface area contributed by atoms with Gasteiger partial charge in [0.2, 0.25) is 17.7 Å². The summed E-state index contributed by atoms with van der Waals surface area (Å²) in [6.45, 7) is 2.46. The van der Waals surface area contributed by atoms with Gasteiger partial charge in [-0.05, 0) is 54.6 Å². The van der Waals surface area contributed by atoms with Crippen LogP contribution in [0.3, 0.4) is 0 Å². The number of ether oxygens (including phenoxy) is 1. The zero-order valence-electron chi connectivity index (χ0n) is 23.3. The number of amides is 3. The average Bonchev–Trinajstić information content (AvgIpc) is 3.00. The van der Waals surface area contributed by atoms with Crippen molar-refractivity contribution >= 4 is 29.1 Å². The van der Waals surface area contributed by atoms with Crippen molar-refractivity contribution in [1.29, 1.82) is 0 Å². The molecule has 0 radical (unpaired) electrons. The number of carbonyl (C=O) groups is 3. The molecule has 0 bridgehead atoms. The van der Waals surface area contributed by atoms with Crippen LogP contribution in [0.15, 0.2) is 78.9 Å². The number of benzene rings is 3. The lowest BCUT2D eigenvalue weighted by Gasteiger charge is -2.39. The van der Waals surface area contributed by atoms with Crippen LogP contribution in [0.2, 0.25) is 0 Å². The lowest BCUT2D eigenvalue weighted by molar-refractivity contribution is -0.145. The second-order valence-corrected chi connectivity index (χ2v) is 10.4. The molecule has 0 aromatic heterocycles. The van der Waals surface area contributed by atoms with Crippen molar-refractivity contribution in [1.82, 2.24) is 15.1 Å². The van der Waals surface area contributed by atoms with E-state index in [9.17, 15) is 27.6 Å². The van der Waals surface area contributed by atoms with E-state index in [2.05, 4.69) is 10.6 Å². The normalized spacial score (nSPS) is 17.7. The van der Waals surface area contributed by atoms with E-state index in [0.717, 1.165) is 12.1 Å². The van der Waals surface area contributed by atoms with E-state index < -0.39 is 29.6 Å². The minimum atomic E-state index is -4.42. The van der Waals surface area contributed by atoms with Gasteiger partial charge in [0.25, 0.3) is 0 Å². The maximum absolute atomic E-state index is 13.3. The first-order chi connectivity index (χ1) is 20.7. The van der Waals surface area contributed by atoms with Crippen molar-refractivity contribution in [3.05, 3.63) is 84.4 Å². The number of rotatable bonds is 8. The minimum absolute atomic E-state index is 0.0463. The topological polar surface area (TPSA) is 94.2 Å². The summed E-state index contributed by atoms with van der Waals surface area (Å²) in [6.07, 6.45) is -4.62. The van der Waals surface area contributed by atoms with Crippen LogP contribution in [0.4, 0.5) is 24.5 Å². The zero-order chi connectivity index (χ0) is 30.4. The molecule has 3 amide bonds. The van der Waals surface area contributed by atoms with Crippen LogP contribution in [0, 0.1) is 0 Å². The van der Waals surface area contributed by atoms with Crippen molar-refractivity contribution in [3.63, 3.8) is 0 Å². The van der Waals surface area contributed by atoms with Crippen LogP contribution in [0.5, 0.6) is 11.5 Å². The number of alkyl halides is 3. The van der Waals surface area contributed by atoms with Crippen LogP contribution in [-0.4, -0.2) is 79.4 Å². The molecule has 3 aromatic rings. The predicted octanol–water partition coefficient (Wildman–Crippen LogP) is 3.98. The van der Waals surface area contributed by atoms with Gasteiger partial charge in [0.05, 0.1) is 18.5 Å². The fraction of sp³-hybridized carbons (Fsp3) is 0.323. The molecular weight excluding hydrogens is 563 g/mol. The van der Waals surface area contributed by atoms with Gasteiger partial charge in [0, 0.05) is 50.6 Å². The average molecular weight is 596 g/mol. The molecule has 0 spiro atoms. The van der Waals surface area contributed by atoms with E-state index >= 15 is 0 Å². The van der Waals surface area contributed by atoms with Gasteiger partial charge in [-0.1, -0.05) is 24.3 Å². The van der Waals surface area contributed by atoms with Crippen LogP contribution < -0.4 is 20.3 Å². The van der Waals surface area contributed by atoms with E-state index in [1.54, 1.807) is 30.3 Å². The molecule has 1 atom stereocenters. The monoisotopic (exact) mass is 595 g/mol. The summed E-state index contributed by atoms with van der Waals surface area (Å²) >= 11 is 0. The SMILES string of the molecule is O=C(C[C@H]1C(=O)NCCN1C(=O)CN1CCN(c2cccc(C(F)(F)F)c2)CC1)Nc1ccc(Oc2ccccc2)cc1. The molecule has 2 aliphatic rings. The second-order valence-electron chi connectivity index (χ2n) is 10.4. The Balaban J connectivity index is 1.13. The Morgan fingerprint density at radius 1 is 0.884 bits per heavy atom. The molecule has 0 saturated carbocycles. The Labute approximate surface area is 247 Å². The van der Waals surface area contributed by atoms with Gasteiger partial charge in [-0.3, -0.25) is 19.3 Å². The summed E-state index contributed by atoms with van der Waals surface area (Å²) in [4.78, 5) is 44.1. The van der Waals surface area contributed by atoms with Gasteiger partial charge in [0.1, 0.15) is 17.5 Å². The molecule has 5 rings (SSSR count). The molecule has 2 aliphatic heterocycles. The van der Waals surface area contributed by atoms with E-state index in [-0.39, 0.29) is 32.0 Å². The highest BCUT2D eigenvalue weighted by Crippen LogP contribution is 2.32. The molecule has 43 heavy (non-hydrogen) atoms. The first-order valence-electron chi connectivity index (χ1n) is 14.0. The molecule has 2 heterocycles. The molecular formula is C31H32F3N5O4. The van der Waals surface area contributed by atoms with Gasteiger partial charge >= 0.3 is 6.18 Å². The molecule has 2 saturated heterocycles. The highest BCUT2D eigenvalue weighted by Gasteiger charge is 2.36. The molecule has 0 aliphatic carbocycles. The van der Waals surface area contributed by atoms with Crippen molar-refractivity contribution in [2.24, 2.45) is 0 Å². The lowest BCUT2D eigenvalue weighted by atomic mass is 10.1. The van der Waals surface area contributed by atoms with Gasteiger partial charge in [-0.2, -0.15) is 13.2 Å². The van der Waals surface area contributed by atoms with E-state index in [1.165, 1.54) is 11.0 Å². The largest absolute Gasteiger partial charge is 0.457 e. The zero-order valence-corrected chi connectivity index (χ0v) is 23.3. The van der Waals surface area contributed by atoms with Gasteiger partial charge in [-0.15, -0.1) is 0 Å². The molecule has 0 unspecified atom stereocenters. The Morgan fingerprint density at radius 3 is 2.28 bits per heavy atom. The number of anilines is 2. The third kappa shape index (κ3) is 7.83. The predicted molar refractivity (Wildman–Crippen MR) is 155 cm³/mol. The standard InChI is InChI=1S/C31H32F3N5O4/c32-31(33,34)22-5-4-6-24(19-22)38-17-15-37(16-18-38)21-29(41)39-14-13-35-30(42)27(39)20-28(40)36-23-9-11-26(12-10-23)43-25-7-2-1-3-8-25/h1-12,19,27H,13-18,20-21H2,(H,35,42)(H,36,40)/t27-/m0/s1. The quantitative estimate of drug-likeness (QED) is 0.410. The molecule has 3 aromatic carbocycles. The third-order valence-electron chi connectivity index (χ3n) is 7.42. The molecule has 2 N–H and O–H groups in total. The number of hydrogen-bond donors (Lipinski definition) is 2. The smallest absolute Gasteiger partial charge is 0.416 e. The van der Waals surface area contributed by atoms with E-state index in [4.69, 9.17) is 4.74 Å². The summed E-state index contributed by atoms with van der Waals surface area (Å²) in [5.74, 6) is 0.206. The summed E-state index contributed by atoms with van der Waals surface area (Å²) in [5, 5.41) is 5.51. The Morgan fingerprint density at radius 2 is 1.58 bits per heavy atom. The Hall–Kier alpha value is -4.58. The summed E-state index contributed by atoms with van der Waals surface area (Å²) in [5.41, 5.74) is 0.311. The van der Waals surface area contributed by atoms with Crippen molar-refractivity contribution in [2.45, 2.75) is 18.6 Å². The first kappa shape index (κ1) is 29.9. The third-order valence-corrected chi connectivity index (χ3v) is 7.42. The number of hydrogen-bond acceptors (Lipinski definition) is 6. The maximum atomic E-state index is 13.3. The lowest BCUT2D eigenvalue weighted by Crippen LogP contribution is -2.60. The van der Waals surface area contributed by atoms with Crippen LogP contribution in [0.1, 0.15) is 12.0 Å². The fourth-order valence-corrected chi connectivity index (χ4v) is 5.16. The second kappa shape index (κ2) is 13.2. The Kier molecular flexibility index (Phi) is 9.15. The molecule has 226 valence electrons. The number of nitrogens with zero attached hydrogens (tertiary/aromatic N) is 3. The number of piperazine rings is 2. The first-order valence-corrected chi connectivity index (χ1v) is 14.0. The highest BCUT2D eigenvalue weighted by molar-refractivity contribution is 5.97. The molecule has 2 fully saturated rings. The van der Waals surface area contributed by atoms with Crippen molar-refractivity contribution < 1.29 is 32.3 Å². The molecule has 9 nitrogen and oxygen atoms in total. The highest BCUT2D eigenvalue weighted by atomic mass is 19.4. The number of halogens is 3. The van der Waals surface area contributed by atoms with Crippen LogP contribution in [-0.2, 0) is 20.6 Å². The van der Waals surface area contributed by atoms with Gasteiger partial charge in [0.15, 0.2) is 0 Å². The van der Waals surface area contributed by atoms with Crippen LogP contribution in [0.25, 0.3) is 0 Å². The summed E-state index contributed by atoms with van der Waals surface area (Å²) < 4.78 is 45.1. The number of nitrogens with one attached hydrogen (secondary N) is 2. The van der Waals surface area contributed by atoms with Gasteiger partial charge < -0.3 is 25.2 Å². The van der Waals surface area contributed by atoms with Gasteiger partial charge in [-0.25, -0.2) is 0 Å². The fourth-order valence-electron chi connectivity index (χ4n) is 5.16. The number of para-hydroxylation sites is 1. The van der Waals surface area contributed by atoms with E-state index in [0.29, 0.717) is 49.1 Å². The number of carbonyl (C=O) groups excluding carboxylic acids is 3. The summed E-state index contributed by atoms with van der Waals surface area (Å²) in [6, 6.07) is 20.4.